The molecule has 0 N–H and O–H groups in total. The Balaban J connectivity index is 2.65. The molecular formula is C43H62O. The molecule has 1 aliphatic carbocycles. The minimum Gasteiger partial charge on any atom is -0.378 e. The highest BCUT2D eigenvalue weighted by atomic mass is 16.5. The lowest BCUT2D eigenvalue weighted by atomic mass is 9.90. The van der Waals surface area contributed by atoms with E-state index >= 15 is 0 Å². The van der Waals surface area contributed by atoms with Gasteiger partial charge in [0.15, 0.2) is 0 Å². The van der Waals surface area contributed by atoms with Gasteiger partial charge in [0.1, 0.15) is 0 Å². The summed E-state index contributed by atoms with van der Waals surface area (Å²) in [5.74, 6) is 0. The van der Waals surface area contributed by atoms with Crippen molar-refractivity contribution in [1.82, 2.24) is 0 Å². The molecule has 1 heteroatoms. The highest BCUT2D eigenvalue weighted by Crippen LogP contribution is 2.27. The predicted molar refractivity (Wildman–Crippen MR) is 199 cm³/mol. The zero-order chi connectivity index (χ0) is 33.0. The standard InChI is InChI=1S/C43H62O/c1-34(2)17-12-18-35(3)19-13-20-36(4)21-14-23-38(6)26-28-41-29-31-42(40(8)33-41)30-27-39(7)24-15-22-37(5)25-16-32-43(9,10)44-11/h14-17,19,21-28,30,33H,12-13,18,20,29,31-32H2,1-11H3/b23-14+,24-15+,25-16+,35-19+,36-21+,37-22+,38-26+,39-27+,41-28+,42-30+. The van der Waals surface area contributed by atoms with Crippen LogP contribution in [0.2, 0.25) is 0 Å². The molecule has 0 saturated heterocycles. The van der Waals surface area contributed by atoms with Gasteiger partial charge in [0, 0.05) is 7.11 Å². The van der Waals surface area contributed by atoms with Crippen LogP contribution in [-0.2, 0) is 4.74 Å². The quantitative estimate of drug-likeness (QED) is 0.128. The number of hydrogen-bond donors (Lipinski definition) is 0. The van der Waals surface area contributed by atoms with Crippen molar-refractivity contribution in [2.75, 3.05) is 7.11 Å². The van der Waals surface area contributed by atoms with Crippen LogP contribution < -0.4 is 0 Å². The van der Waals surface area contributed by atoms with Crippen LogP contribution in [0.25, 0.3) is 0 Å². The van der Waals surface area contributed by atoms with E-state index in [1.807, 2.05) is 0 Å². The molecule has 0 bridgehead atoms. The first-order valence-electron chi connectivity index (χ1n) is 16.4. The van der Waals surface area contributed by atoms with E-state index in [9.17, 15) is 0 Å². The number of ether oxygens (including phenoxy) is 1. The molecule has 0 atom stereocenters. The molecule has 0 aromatic carbocycles. The third-order valence-corrected chi connectivity index (χ3v) is 7.82. The van der Waals surface area contributed by atoms with Gasteiger partial charge >= 0.3 is 0 Å². The van der Waals surface area contributed by atoms with E-state index in [2.05, 4.69) is 160 Å². The Morgan fingerprint density at radius 3 is 1.95 bits per heavy atom. The van der Waals surface area contributed by atoms with E-state index < -0.39 is 0 Å². The highest BCUT2D eigenvalue weighted by Gasteiger charge is 2.13. The summed E-state index contributed by atoms with van der Waals surface area (Å²) in [6.45, 7) is 21.7. The fraction of sp³-hybridized carbons (Fsp3) is 0.442. The second-order valence-corrected chi connectivity index (χ2v) is 13.2. The molecular weight excluding hydrogens is 532 g/mol. The summed E-state index contributed by atoms with van der Waals surface area (Å²) < 4.78 is 5.47. The average Bonchev–Trinajstić information content (AvgIpc) is 2.95. The van der Waals surface area contributed by atoms with Crippen LogP contribution in [0.15, 0.2) is 141 Å². The van der Waals surface area contributed by atoms with Gasteiger partial charge in [0.05, 0.1) is 5.60 Å². The van der Waals surface area contributed by atoms with E-state index in [1.54, 1.807) is 7.11 Å². The Hall–Kier alpha value is -3.16. The van der Waals surface area contributed by atoms with E-state index in [1.165, 1.54) is 56.6 Å². The van der Waals surface area contributed by atoms with Crippen molar-refractivity contribution < 1.29 is 4.74 Å². The molecule has 0 radical (unpaired) electrons. The van der Waals surface area contributed by atoms with Gasteiger partial charge in [-0.3, -0.25) is 0 Å². The van der Waals surface area contributed by atoms with E-state index in [-0.39, 0.29) is 5.60 Å². The summed E-state index contributed by atoms with van der Waals surface area (Å²) in [4.78, 5) is 0. The van der Waals surface area contributed by atoms with Crippen molar-refractivity contribution in [3.8, 4) is 0 Å². The van der Waals surface area contributed by atoms with Crippen molar-refractivity contribution >= 4 is 0 Å². The highest BCUT2D eigenvalue weighted by molar-refractivity contribution is 5.44. The van der Waals surface area contributed by atoms with Gasteiger partial charge < -0.3 is 4.74 Å². The molecule has 0 spiro atoms. The van der Waals surface area contributed by atoms with Crippen molar-refractivity contribution in [2.24, 2.45) is 0 Å². The smallest absolute Gasteiger partial charge is 0.0657 e. The first kappa shape index (κ1) is 38.9. The lowest BCUT2D eigenvalue weighted by Gasteiger charge is -2.20. The molecule has 0 amide bonds. The molecule has 0 aliphatic heterocycles. The molecule has 240 valence electrons. The average molecular weight is 595 g/mol. The molecule has 44 heavy (non-hydrogen) atoms. The molecule has 0 fully saturated rings. The van der Waals surface area contributed by atoms with Gasteiger partial charge in [-0.1, -0.05) is 125 Å². The number of allylic oxidation sites excluding steroid dienone is 23. The predicted octanol–water partition coefficient (Wildman–Crippen LogP) is 13.3. The Kier molecular flexibility index (Phi) is 19.0. The van der Waals surface area contributed by atoms with Gasteiger partial charge in [-0.05, 0) is 131 Å². The minimum absolute atomic E-state index is 0.117. The van der Waals surface area contributed by atoms with Gasteiger partial charge in [-0.15, -0.1) is 0 Å². The van der Waals surface area contributed by atoms with Crippen molar-refractivity contribution in [2.45, 2.75) is 120 Å². The number of hydrogen-bond acceptors (Lipinski definition) is 1. The maximum atomic E-state index is 5.47. The topological polar surface area (TPSA) is 9.23 Å². The lowest BCUT2D eigenvalue weighted by molar-refractivity contribution is 0.0255. The van der Waals surface area contributed by atoms with Crippen LogP contribution in [-0.4, -0.2) is 12.7 Å². The van der Waals surface area contributed by atoms with E-state index in [0.29, 0.717) is 0 Å². The summed E-state index contributed by atoms with van der Waals surface area (Å²) in [7, 11) is 1.76. The van der Waals surface area contributed by atoms with Crippen molar-refractivity contribution in [3.63, 3.8) is 0 Å². The fourth-order valence-electron chi connectivity index (χ4n) is 4.55. The van der Waals surface area contributed by atoms with Crippen LogP contribution in [0, 0.1) is 0 Å². The summed E-state index contributed by atoms with van der Waals surface area (Å²) in [5.41, 5.74) is 12.1. The van der Waals surface area contributed by atoms with Gasteiger partial charge in [-0.2, -0.15) is 0 Å². The largest absolute Gasteiger partial charge is 0.378 e. The number of rotatable bonds is 16. The lowest BCUT2D eigenvalue weighted by Crippen LogP contribution is -2.20. The third-order valence-electron chi connectivity index (χ3n) is 7.82. The molecule has 0 unspecified atom stereocenters. The first-order valence-corrected chi connectivity index (χ1v) is 16.4. The third kappa shape index (κ3) is 19.2. The zero-order valence-electron chi connectivity index (χ0n) is 30.0. The molecule has 1 aliphatic rings. The van der Waals surface area contributed by atoms with Crippen LogP contribution in [0.5, 0.6) is 0 Å². The summed E-state index contributed by atoms with van der Waals surface area (Å²) in [5, 5.41) is 0. The molecule has 0 aromatic heterocycles. The summed E-state index contributed by atoms with van der Waals surface area (Å²) in [6, 6.07) is 0. The molecule has 0 aromatic rings. The maximum absolute atomic E-state index is 5.47. The van der Waals surface area contributed by atoms with Crippen molar-refractivity contribution in [1.29, 1.82) is 0 Å². The second-order valence-electron chi connectivity index (χ2n) is 13.2. The van der Waals surface area contributed by atoms with Gasteiger partial charge in [0.25, 0.3) is 0 Å². The Morgan fingerprint density at radius 2 is 1.32 bits per heavy atom. The zero-order valence-corrected chi connectivity index (χ0v) is 30.0. The molecule has 0 heterocycles. The second kappa shape index (κ2) is 21.5. The van der Waals surface area contributed by atoms with Gasteiger partial charge in [0.2, 0.25) is 0 Å². The number of methoxy groups -OCH3 is 1. The van der Waals surface area contributed by atoms with Crippen LogP contribution >= 0.6 is 0 Å². The molecule has 0 saturated carbocycles. The Labute approximate surface area is 272 Å². The maximum Gasteiger partial charge on any atom is 0.0657 e. The summed E-state index contributed by atoms with van der Waals surface area (Å²) >= 11 is 0. The van der Waals surface area contributed by atoms with Gasteiger partial charge in [-0.25, -0.2) is 0 Å². The minimum atomic E-state index is -0.117. The van der Waals surface area contributed by atoms with E-state index in [0.717, 1.165) is 38.5 Å². The Bertz CT molecular complexity index is 1280. The van der Waals surface area contributed by atoms with Crippen LogP contribution in [0.3, 0.4) is 0 Å². The van der Waals surface area contributed by atoms with Crippen LogP contribution in [0.1, 0.15) is 114 Å². The first-order chi connectivity index (χ1) is 20.8. The SMILES string of the molecule is COC(C)(C)C/C=C/C(C)=C/C=C/C(C)=C/C=C1\CC\C(=C/C=C(C)/C=C/C=C(\C)CC/C=C(\C)CCC=C(C)C)C=C1C. The van der Waals surface area contributed by atoms with Crippen molar-refractivity contribution in [3.05, 3.63) is 141 Å². The Morgan fingerprint density at radius 1 is 0.727 bits per heavy atom. The molecule has 1 nitrogen and oxygen atoms in total. The summed E-state index contributed by atoms with van der Waals surface area (Å²) in [6.07, 6.45) is 41.2. The fourth-order valence-corrected chi connectivity index (χ4v) is 4.55. The normalized spacial score (nSPS) is 18.4. The molecule has 1 rings (SSSR count). The van der Waals surface area contributed by atoms with E-state index in [4.69, 9.17) is 4.74 Å². The monoisotopic (exact) mass is 594 g/mol. The van der Waals surface area contributed by atoms with Crippen LogP contribution in [0.4, 0.5) is 0 Å².